The standard InChI is InChI=1S/C12H24N2S/c1-13-6-3-7-14(9-8-13)10-12(11-15)4-2-5-12/h15H,2-11H2,1H3. The van der Waals surface area contributed by atoms with Gasteiger partial charge in [-0.25, -0.2) is 0 Å². The summed E-state index contributed by atoms with van der Waals surface area (Å²) in [7, 11) is 2.24. The molecular weight excluding hydrogens is 204 g/mol. The quantitative estimate of drug-likeness (QED) is 0.735. The Hall–Kier alpha value is 0.270. The fourth-order valence-corrected chi connectivity index (χ4v) is 3.19. The van der Waals surface area contributed by atoms with Crippen molar-refractivity contribution in [2.45, 2.75) is 25.7 Å². The predicted octanol–water partition coefficient (Wildman–Crippen LogP) is 1.72. The number of rotatable bonds is 3. The lowest BCUT2D eigenvalue weighted by molar-refractivity contribution is 0.0927. The van der Waals surface area contributed by atoms with Gasteiger partial charge < -0.3 is 9.80 Å². The van der Waals surface area contributed by atoms with Crippen molar-refractivity contribution in [1.29, 1.82) is 0 Å². The van der Waals surface area contributed by atoms with E-state index in [0.29, 0.717) is 5.41 Å². The van der Waals surface area contributed by atoms with Crippen molar-refractivity contribution in [2.75, 3.05) is 45.5 Å². The van der Waals surface area contributed by atoms with Crippen molar-refractivity contribution < 1.29 is 0 Å². The molecule has 0 N–H and O–H groups in total. The smallest absolute Gasteiger partial charge is 0.0109 e. The zero-order valence-corrected chi connectivity index (χ0v) is 10.8. The number of likely N-dealkylation sites (N-methyl/N-ethyl adjacent to an activating group) is 1. The van der Waals surface area contributed by atoms with E-state index in [0.717, 1.165) is 5.75 Å². The van der Waals surface area contributed by atoms with Crippen LogP contribution in [0.4, 0.5) is 0 Å². The van der Waals surface area contributed by atoms with Crippen molar-refractivity contribution in [3.63, 3.8) is 0 Å². The second-order valence-corrected chi connectivity index (χ2v) is 5.76. The Morgan fingerprint density at radius 3 is 2.47 bits per heavy atom. The third-order valence-electron chi connectivity index (χ3n) is 4.12. The molecular formula is C12H24N2S. The highest BCUT2D eigenvalue weighted by atomic mass is 32.1. The summed E-state index contributed by atoms with van der Waals surface area (Å²) in [5.74, 6) is 1.08. The molecule has 3 heteroatoms. The van der Waals surface area contributed by atoms with Crippen LogP contribution in [0.5, 0.6) is 0 Å². The monoisotopic (exact) mass is 228 g/mol. The summed E-state index contributed by atoms with van der Waals surface area (Å²) < 4.78 is 0. The minimum absolute atomic E-state index is 0.575. The minimum Gasteiger partial charge on any atom is -0.305 e. The molecule has 0 unspecified atom stereocenters. The van der Waals surface area contributed by atoms with E-state index in [-0.39, 0.29) is 0 Å². The average Bonchev–Trinajstić information content (AvgIpc) is 2.37. The van der Waals surface area contributed by atoms with Crippen LogP contribution >= 0.6 is 12.6 Å². The third-order valence-corrected chi connectivity index (χ3v) is 4.79. The van der Waals surface area contributed by atoms with Gasteiger partial charge in [0, 0.05) is 19.6 Å². The van der Waals surface area contributed by atoms with Gasteiger partial charge in [0.25, 0.3) is 0 Å². The van der Waals surface area contributed by atoms with E-state index in [1.54, 1.807) is 0 Å². The van der Waals surface area contributed by atoms with Gasteiger partial charge in [-0.1, -0.05) is 6.42 Å². The molecule has 0 aromatic heterocycles. The van der Waals surface area contributed by atoms with Gasteiger partial charge in [0.15, 0.2) is 0 Å². The number of hydrogen-bond acceptors (Lipinski definition) is 3. The third kappa shape index (κ3) is 2.89. The van der Waals surface area contributed by atoms with Gasteiger partial charge in [-0.15, -0.1) is 0 Å². The van der Waals surface area contributed by atoms with Crippen molar-refractivity contribution in [3.05, 3.63) is 0 Å². The van der Waals surface area contributed by atoms with Crippen LogP contribution in [0.3, 0.4) is 0 Å². The van der Waals surface area contributed by atoms with E-state index < -0.39 is 0 Å². The molecule has 0 aromatic rings. The van der Waals surface area contributed by atoms with Gasteiger partial charge in [0.2, 0.25) is 0 Å². The summed E-state index contributed by atoms with van der Waals surface area (Å²) >= 11 is 4.54. The maximum Gasteiger partial charge on any atom is 0.0109 e. The maximum absolute atomic E-state index is 4.54. The average molecular weight is 228 g/mol. The van der Waals surface area contributed by atoms with E-state index in [4.69, 9.17) is 0 Å². The maximum atomic E-state index is 4.54. The van der Waals surface area contributed by atoms with Crippen LogP contribution in [-0.4, -0.2) is 55.3 Å². The van der Waals surface area contributed by atoms with Gasteiger partial charge in [0.05, 0.1) is 0 Å². The molecule has 0 aromatic carbocycles. The highest BCUT2D eigenvalue weighted by molar-refractivity contribution is 7.80. The molecule has 0 amide bonds. The Bertz CT molecular complexity index is 198. The largest absolute Gasteiger partial charge is 0.305 e. The summed E-state index contributed by atoms with van der Waals surface area (Å²) in [6, 6.07) is 0. The van der Waals surface area contributed by atoms with E-state index in [2.05, 4.69) is 29.5 Å². The lowest BCUT2D eigenvalue weighted by atomic mass is 9.70. The van der Waals surface area contributed by atoms with E-state index in [9.17, 15) is 0 Å². The van der Waals surface area contributed by atoms with E-state index in [1.807, 2.05) is 0 Å². The molecule has 1 saturated heterocycles. The topological polar surface area (TPSA) is 6.48 Å². The zero-order valence-electron chi connectivity index (χ0n) is 9.91. The molecule has 2 rings (SSSR count). The molecule has 2 fully saturated rings. The van der Waals surface area contributed by atoms with Crippen molar-refractivity contribution in [2.24, 2.45) is 5.41 Å². The Morgan fingerprint density at radius 2 is 1.87 bits per heavy atom. The molecule has 15 heavy (non-hydrogen) atoms. The molecule has 2 nitrogen and oxygen atoms in total. The second-order valence-electron chi connectivity index (χ2n) is 5.44. The Kier molecular flexibility index (Phi) is 3.97. The first-order valence-corrected chi connectivity index (χ1v) is 6.89. The molecule has 0 atom stereocenters. The first kappa shape index (κ1) is 11.7. The van der Waals surface area contributed by atoms with E-state index in [1.165, 1.54) is 58.4 Å². The summed E-state index contributed by atoms with van der Waals surface area (Å²) in [5, 5.41) is 0. The normalized spacial score (nSPS) is 28.4. The Balaban J connectivity index is 1.82. The molecule has 1 heterocycles. The van der Waals surface area contributed by atoms with Crippen LogP contribution in [0.2, 0.25) is 0 Å². The minimum atomic E-state index is 0.575. The summed E-state index contributed by atoms with van der Waals surface area (Å²) in [6.07, 6.45) is 5.57. The number of nitrogens with zero attached hydrogens (tertiary/aromatic N) is 2. The molecule has 2 aliphatic rings. The highest BCUT2D eigenvalue weighted by Gasteiger charge is 2.37. The molecule has 0 spiro atoms. The van der Waals surface area contributed by atoms with Crippen LogP contribution in [0, 0.1) is 5.41 Å². The molecule has 0 bridgehead atoms. The first-order chi connectivity index (χ1) is 7.24. The van der Waals surface area contributed by atoms with Crippen LogP contribution < -0.4 is 0 Å². The van der Waals surface area contributed by atoms with Crippen LogP contribution in [0.15, 0.2) is 0 Å². The van der Waals surface area contributed by atoms with Crippen molar-refractivity contribution in [3.8, 4) is 0 Å². The van der Waals surface area contributed by atoms with Gasteiger partial charge >= 0.3 is 0 Å². The zero-order chi connectivity index (χ0) is 10.7. The molecule has 1 aliphatic carbocycles. The highest BCUT2D eigenvalue weighted by Crippen LogP contribution is 2.42. The second kappa shape index (κ2) is 5.07. The number of hydrogen-bond donors (Lipinski definition) is 1. The van der Waals surface area contributed by atoms with Crippen molar-refractivity contribution in [1.82, 2.24) is 9.80 Å². The molecule has 0 radical (unpaired) electrons. The predicted molar refractivity (Wildman–Crippen MR) is 68.7 cm³/mol. The molecule has 1 saturated carbocycles. The Labute approximate surface area is 99.4 Å². The summed E-state index contributed by atoms with van der Waals surface area (Å²) in [6.45, 7) is 6.35. The summed E-state index contributed by atoms with van der Waals surface area (Å²) in [4.78, 5) is 5.12. The fraction of sp³-hybridized carbons (Fsp3) is 1.00. The first-order valence-electron chi connectivity index (χ1n) is 6.26. The van der Waals surface area contributed by atoms with Crippen LogP contribution in [-0.2, 0) is 0 Å². The number of thiol groups is 1. The molecule has 1 aliphatic heterocycles. The van der Waals surface area contributed by atoms with Crippen LogP contribution in [0.25, 0.3) is 0 Å². The van der Waals surface area contributed by atoms with Crippen molar-refractivity contribution >= 4 is 12.6 Å². The van der Waals surface area contributed by atoms with Gasteiger partial charge in [-0.05, 0) is 50.6 Å². The fourth-order valence-electron chi connectivity index (χ4n) is 2.78. The lowest BCUT2D eigenvalue weighted by Crippen LogP contribution is -2.44. The van der Waals surface area contributed by atoms with Gasteiger partial charge in [0.1, 0.15) is 0 Å². The van der Waals surface area contributed by atoms with Gasteiger partial charge in [-0.2, -0.15) is 12.6 Å². The lowest BCUT2D eigenvalue weighted by Gasteiger charge is -2.44. The van der Waals surface area contributed by atoms with Crippen LogP contribution in [0.1, 0.15) is 25.7 Å². The van der Waals surface area contributed by atoms with Gasteiger partial charge in [-0.3, -0.25) is 0 Å². The summed E-state index contributed by atoms with van der Waals surface area (Å²) in [5.41, 5.74) is 0.575. The van der Waals surface area contributed by atoms with E-state index >= 15 is 0 Å². The molecule has 88 valence electrons. The SMILES string of the molecule is CN1CCCN(CC2(CS)CCC2)CC1. The Morgan fingerprint density at radius 1 is 1.07 bits per heavy atom.